The zero-order valence-corrected chi connectivity index (χ0v) is 11.2. The van der Waals surface area contributed by atoms with E-state index in [0.29, 0.717) is 16.6 Å². The average Bonchev–Trinajstić information content (AvgIpc) is 2.30. The van der Waals surface area contributed by atoms with Crippen LogP contribution in [0.25, 0.3) is 0 Å². The van der Waals surface area contributed by atoms with Crippen molar-refractivity contribution in [3.63, 3.8) is 0 Å². The highest BCUT2D eigenvalue weighted by molar-refractivity contribution is 6.36. The predicted octanol–water partition coefficient (Wildman–Crippen LogP) is 5.26. The summed E-state index contributed by atoms with van der Waals surface area (Å²) in [4.78, 5) is 0. The van der Waals surface area contributed by atoms with Crippen LogP contribution in [0.4, 0.5) is 5.69 Å². The maximum absolute atomic E-state index is 6.05. The van der Waals surface area contributed by atoms with Crippen LogP contribution in [0.1, 0.15) is 5.56 Å². The summed E-state index contributed by atoms with van der Waals surface area (Å²) in [6.45, 7) is 0.693. The van der Waals surface area contributed by atoms with Gasteiger partial charge in [-0.15, -0.1) is 0 Å². The fourth-order valence-corrected chi connectivity index (χ4v) is 2.03. The van der Waals surface area contributed by atoms with Crippen LogP contribution in [0.2, 0.25) is 15.1 Å². The second kappa shape index (κ2) is 5.63. The second-order valence-corrected chi connectivity index (χ2v) is 4.88. The summed E-state index contributed by atoms with van der Waals surface area (Å²) in [5.74, 6) is 0. The first kappa shape index (κ1) is 12.6. The van der Waals surface area contributed by atoms with E-state index in [2.05, 4.69) is 5.32 Å². The van der Waals surface area contributed by atoms with Gasteiger partial charge in [0.05, 0.1) is 10.7 Å². The van der Waals surface area contributed by atoms with Crippen molar-refractivity contribution in [3.8, 4) is 0 Å². The van der Waals surface area contributed by atoms with E-state index in [1.807, 2.05) is 30.3 Å². The molecule has 0 fully saturated rings. The van der Waals surface area contributed by atoms with Crippen molar-refractivity contribution in [2.45, 2.75) is 6.54 Å². The Morgan fingerprint density at radius 3 is 2.12 bits per heavy atom. The van der Waals surface area contributed by atoms with E-state index in [4.69, 9.17) is 34.8 Å². The van der Waals surface area contributed by atoms with Gasteiger partial charge in [-0.1, -0.05) is 46.9 Å². The fraction of sp³-hybridized carbons (Fsp3) is 0.0769. The number of nitrogens with one attached hydrogen (secondary N) is 1. The van der Waals surface area contributed by atoms with Crippen molar-refractivity contribution in [1.82, 2.24) is 0 Å². The molecule has 0 aliphatic rings. The molecule has 0 saturated carbocycles. The molecular formula is C13H10Cl3N. The number of benzene rings is 2. The van der Waals surface area contributed by atoms with Gasteiger partial charge in [-0.25, -0.2) is 0 Å². The molecule has 2 rings (SSSR count). The maximum atomic E-state index is 6.05. The summed E-state index contributed by atoms with van der Waals surface area (Å²) < 4.78 is 0. The lowest BCUT2D eigenvalue weighted by molar-refractivity contribution is 1.15. The van der Waals surface area contributed by atoms with Crippen LogP contribution in [0.15, 0.2) is 42.5 Å². The maximum Gasteiger partial charge on any atom is 0.0652 e. The quantitative estimate of drug-likeness (QED) is 0.811. The predicted molar refractivity (Wildman–Crippen MR) is 75.2 cm³/mol. The molecule has 2 aromatic rings. The minimum atomic E-state index is 0.617. The Balaban J connectivity index is 2.04. The van der Waals surface area contributed by atoms with Gasteiger partial charge in [-0.2, -0.15) is 0 Å². The largest absolute Gasteiger partial charge is 0.380 e. The highest BCUT2D eigenvalue weighted by atomic mass is 35.5. The van der Waals surface area contributed by atoms with Gasteiger partial charge >= 0.3 is 0 Å². The number of hydrogen-bond acceptors (Lipinski definition) is 1. The van der Waals surface area contributed by atoms with Gasteiger partial charge in [0.2, 0.25) is 0 Å². The molecule has 17 heavy (non-hydrogen) atoms. The lowest BCUT2D eigenvalue weighted by atomic mass is 10.2. The van der Waals surface area contributed by atoms with Crippen molar-refractivity contribution in [2.75, 3.05) is 5.32 Å². The van der Waals surface area contributed by atoms with Crippen LogP contribution >= 0.6 is 34.8 Å². The molecule has 0 saturated heterocycles. The van der Waals surface area contributed by atoms with Gasteiger partial charge in [0.15, 0.2) is 0 Å². The van der Waals surface area contributed by atoms with E-state index in [-0.39, 0.29) is 0 Å². The van der Waals surface area contributed by atoms with Gasteiger partial charge < -0.3 is 5.32 Å². The molecule has 0 aliphatic heterocycles. The molecule has 0 bridgehead atoms. The number of rotatable bonds is 3. The van der Waals surface area contributed by atoms with Crippen LogP contribution in [-0.4, -0.2) is 0 Å². The summed E-state index contributed by atoms with van der Waals surface area (Å²) >= 11 is 17.7. The molecule has 2 aromatic carbocycles. The first-order chi connectivity index (χ1) is 8.15. The lowest BCUT2D eigenvalue weighted by Gasteiger charge is -2.08. The fourth-order valence-electron chi connectivity index (χ4n) is 1.43. The first-order valence-corrected chi connectivity index (χ1v) is 6.22. The summed E-state index contributed by atoms with van der Waals surface area (Å²) in [5.41, 5.74) is 2.01. The number of anilines is 1. The Morgan fingerprint density at radius 1 is 0.824 bits per heavy atom. The van der Waals surface area contributed by atoms with Crippen molar-refractivity contribution in [2.24, 2.45) is 0 Å². The average molecular weight is 287 g/mol. The molecule has 0 spiro atoms. The Labute approximate surface area is 115 Å². The Morgan fingerprint density at radius 2 is 1.47 bits per heavy atom. The minimum absolute atomic E-state index is 0.617. The molecular weight excluding hydrogens is 277 g/mol. The first-order valence-electron chi connectivity index (χ1n) is 5.08. The molecule has 0 aliphatic carbocycles. The van der Waals surface area contributed by atoms with E-state index >= 15 is 0 Å². The Hall–Kier alpha value is -0.890. The summed E-state index contributed by atoms with van der Waals surface area (Å²) in [7, 11) is 0. The lowest BCUT2D eigenvalue weighted by Crippen LogP contribution is -1.99. The SMILES string of the molecule is Clc1ccc(CNc2ccc(Cl)cc2Cl)cc1. The molecule has 0 unspecified atom stereocenters. The summed E-state index contributed by atoms with van der Waals surface area (Å²) in [5, 5.41) is 5.23. The summed E-state index contributed by atoms with van der Waals surface area (Å²) in [6.07, 6.45) is 0. The molecule has 1 N–H and O–H groups in total. The second-order valence-electron chi connectivity index (χ2n) is 3.60. The minimum Gasteiger partial charge on any atom is -0.380 e. The van der Waals surface area contributed by atoms with E-state index in [0.717, 1.165) is 16.3 Å². The van der Waals surface area contributed by atoms with Crippen molar-refractivity contribution in [3.05, 3.63) is 63.1 Å². The Kier molecular flexibility index (Phi) is 4.16. The number of hydrogen-bond donors (Lipinski definition) is 1. The Bertz CT molecular complexity index is 509. The third-order valence-corrected chi connectivity index (χ3v) is 3.13. The van der Waals surface area contributed by atoms with E-state index < -0.39 is 0 Å². The smallest absolute Gasteiger partial charge is 0.0652 e. The van der Waals surface area contributed by atoms with Gasteiger partial charge in [-0.3, -0.25) is 0 Å². The normalized spacial score (nSPS) is 10.3. The molecule has 88 valence electrons. The van der Waals surface area contributed by atoms with Gasteiger partial charge in [0.25, 0.3) is 0 Å². The van der Waals surface area contributed by atoms with Crippen LogP contribution in [0, 0.1) is 0 Å². The van der Waals surface area contributed by atoms with Gasteiger partial charge in [0.1, 0.15) is 0 Å². The third-order valence-electron chi connectivity index (χ3n) is 2.33. The molecule has 0 aromatic heterocycles. The van der Waals surface area contributed by atoms with Gasteiger partial charge in [0, 0.05) is 16.6 Å². The third kappa shape index (κ3) is 3.53. The topological polar surface area (TPSA) is 12.0 Å². The molecule has 0 atom stereocenters. The van der Waals surface area contributed by atoms with E-state index in [1.165, 1.54) is 0 Å². The van der Waals surface area contributed by atoms with Crippen molar-refractivity contribution < 1.29 is 0 Å². The van der Waals surface area contributed by atoms with Crippen LogP contribution in [-0.2, 0) is 6.54 Å². The number of halogens is 3. The molecule has 1 nitrogen and oxygen atoms in total. The zero-order chi connectivity index (χ0) is 12.3. The molecule has 0 heterocycles. The van der Waals surface area contributed by atoms with Crippen LogP contribution in [0.5, 0.6) is 0 Å². The summed E-state index contributed by atoms with van der Waals surface area (Å²) in [6, 6.07) is 13.0. The molecule has 4 heteroatoms. The van der Waals surface area contributed by atoms with E-state index in [9.17, 15) is 0 Å². The monoisotopic (exact) mass is 285 g/mol. The van der Waals surface area contributed by atoms with Crippen molar-refractivity contribution >= 4 is 40.5 Å². The highest BCUT2D eigenvalue weighted by Gasteiger charge is 2.00. The van der Waals surface area contributed by atoms with Gasteiger partial charge in [-0.05, 0) is 35.9 Å². The molecule has 0 amide bonds. The van der Waals surface area contributed by atoms with Crippen LogP contribution < -0.4 is 5.32 Å². The highest BCUT2D eigenvalue weighted by Crippen LogP contribution is 2.25. The standard InChI is InChI=1S/C13H10Cl3N/c14-10-3-1-9(2-4-10)8-17-13-6-5-11(15)7-12(13)16/h1-7,17H,8H2. The van der Waals surface area contributed by atoms with Crippen molar-refractivity contribution in [1.29, 1.82) is 0 Å². The van der Waals surface area contributed by atoms with Crippen LogP contribution in [0.3, 0.4) is 0 Å². The molecule has 0 radical (unpaired) electrons. The zero-order valence-electron chi connectivity index (χ0n) is 8.88. The van der Waals surface area contributed by atoms with E-state index in [1.54, 1.807) is 12.1 Å².